The molecule has 140 valence electrons. The molecule has 0 saturated heterocycles. The minimum Gasteiger partial charge on any atom is -0.495 e. The molecule has 0 atom stereocenters. The number of hydrogen-bond acceptors (Lipinski definition) is 6. The Morgan fingerprint density at radius 3 is 2.27 bits per heavy atom. The minimum absolute atomic E-state index is 0.0320. The lowest BCUT2D eigenvalue weighted by Crippen LogP contribution is -2.14. The van der Waals surface area contributed by atoms with Crippen molar-refractivity contribution in [2.45, 2.75) is 4.90 Å². The molecule has 0 radical (unpaired) electrons. The van der Waals surface area contributed by atoms with Gasteiger partial charge in [-0.3, -0.25) is 4.72 Å². The lowest BCUT2D eigenvalue weighted by Gasteiger charge is -2.12. The summed E-state index contributed by atoms with van der Waals surface area (Å²) in [6.45, 7) is -0.342. The highest BCUT2D eigenvalue weighted by molar-refractivity contribution is 7.92. The van der Waals surface area contributed by atoms with E-state index >= 15 is 0 Å². The third-order valence-corrected chi connectivity index (χ3v) is 5.16. The van der Waals surface area contributed by atoms with E-state index in [-0.39, 0.29) is 33.0 Å². The maximum atomic E-state index is 12.5. The van der Waals surface area contributed by atoms with Gasteiger partial charge in [0, 0.05) is 0 Å². The van der Waals surface area contributed by atoms with Crippen molar-refractivity contribution in [2.75, 3.05) is 25.5 Å². The Balaban J connectivity index is 2.19. The Labute approximate surface area is 160 Å². The van der Waals surface area contributed by atoms with Crippen LogP contribution in [0.4, 0.5) is 5.69 Å². The molecule has 0 spiro atoms. The van der Waals surface area contributed by atoms with Gasteiger partial charge in [-0.05, 0) is 36.4 Å². The molecule has 2 aromatic carbocycles. The van der Waals surface area contributed by atoms with Crippen molar-refractivity contribution in [3.8, 4) is 11.5 Å². The zero-order valence-electron chi connectivity index (χ0n) is 13.8. The number of sulfonamides is 1. The highest BCUT2D eigenvalue weighted by Gasteiger charge is 2.17. The molecule has 0 bridgehead atoms. The standard InChI is InChI=1S/C16H15Cl2NO6S/c1-23-14-5-3-10(7-12(14)17)19-26(21,22)11-4-6-15(13(18)8-11)25-9-16(20)24-2/h3-8,19H,9H2,1-2H3. The molecule has 0 aliphatic rings. The summed E-state index contributed by atoms with van der Waals surface area (Å²) >= 11 is 12.0. The first-order valence-electron chi connectivity index (χ1n) is 7.12. The second kappa shape index (κ2) is 8.48. The van der Waals surface area contributed by atoms with Crippen LogP contribution in [0.2, 0.25) is 10.0 Å². The van der Waals surface area contributed by atoms with Crippen molar-refractivity contribution in [3.63, 3.8) is 0 Å². The molecule has 1 N–H and O–H groups in total. The number of nitrogens with one attached hydrogen (secondary N) is 1. The van der Waals surface area contributed by atoms with Crippen molar-refractivity contribution in [2.24, 2.45) is 0 Å². The van der Waals surface area contributed by atoms with E-state index in [1.807, 2.05) is 0 Å². The Morgan fingerprint density at radius 2 is 1.69 bits per heavy atom. The number of halogens is 2. The average molecular weight is 420 g/mol. The summed E-state index contributed by atoms with van der Waals surface area (Å²) in [4.78, 5) is 11.0. The van der Waals surface area contributed by atoms with Crippen molar-refractivity contribution in [1.29, 1.82) is 0 Å². The molecule has 0 amide bonds. The highest BCUT2D eigenvalue weighted by atomic mass is 35.5. The molecular weight excluding hydrogens is 405 g/mol. The largest absolute Gasteiger partial charge is 0.495 e. The lowest BCUT2D eigenvalue weighted by molar-refractivity contribution is -0.142. The maximum Gasteiger partial charge on any atom is 0.343 e. The van der Waals surface area contributed by atoms with E-state index in [4.69, 9.17) is 32.7 Å². The van der Waals surface area contributed by atoms with E-state index in [1.54, 1.807) is 0 Å². The second-order valence-electron chi connectivity index (χ2n) is 4.91. The Bertz CT molecular complexity index is 917. The van der Waals surface area contributed by atoms with E-state index in [9.17, 15) is 13.2 Å². The summed E-state index contributed by atoms with van der Waals surface area (Å²) in [5.74, 6) is -0.0101. The van der Waals surface area contributed by atoms with Crippen LogP contribution in [0.5, 0.6) is 11.5 Å². The van der Waals surface area contributed by atoms with Crippen molar-refractivity contribution in [1.82, 2.24) is 0 Å². The molecule has 0 aliphatic carbocycles. The van der Waals surface area contributed by atoms with Gasteiger partial charge in [-0.15, -0.1) is 0 Å². The molecule has 26 heavy (non-hydrogen) atoms. The fourth-order valence-electron chi connectivity index (χ4n) is 1.91. The number of carbonyl (C=O) groups is 1. The van der Waals surface area contributed by atoms with E-state index in [0.717, 1.165) is 0 Å². The first-order valence-corrected chi connectivity index (χ1v) is 9.36. The third kappa shape index (κ3) is 4.94. The SMILES string of the molecule is COC(=O)COc1ccc(S(=O)(=O)Nc2ccc(OC)c(Cl)c2)cc1Cl. The van der Waals surface area contributed by atoms with Crippen LogP contribution in [-0.4, -0.2) is 35.2 Å². The van der Waals surface area contributed by atoms with Crippen LogP contribution in [0.15, 0.2) is 41.3 Å². The summed E-state index contributed by atoms with van der Waals surface area (Å²) in [5.41, 5.74) is 0.262. The fourth-order valence-corrected chi connectivity index (χ4v) is 3.54. The molecule has 0 saturated carbocycles. The Kier molecular flexibility index (Phi) is 6.57. The molecule has 2 aromatic rings. The van der Waals surface area contributed by atoms with E-state index in [1.165, 1.54) is 50.6 Å². The molecule has 10 heteroatoms. The topological polar surface area (TPSA) is 90.9 Å². The minimum atomic E-state index is -3.91. The van der Waals surface area contributed by atoms with E-state index < -0.39 is 16.0 Å². The predicted molar refractivity (Wildman–Crippen MR) is 97.8 cm³/mol. The van der Waals surface area contributed by atoms with Gasteiger partial charge in [0.05, 0.1) is 34.8 Å². The summed E-state index contributed by atoms with van der Waals surface area (Å²) in [5, 5.41) is 0.293. The van der Waals surface area contributed by atoms with Gasteiger partial charge in [-0.25, -0.2) is 13.2 Å². The van der Waals surface area contributed by atoms with Gasteiger partial charge in [-0.2, -0.15) is 0 Å². The van der Waals surface area contributed by atoms with E-state index in [0.29, 0.717) is 5.75 Å². The molecule has 0 unspecified atom stereocenters. The van der Waals surface area contributed by atoms with Crippen LogP contribution < -0.4 is 14.2 Å². The number of ether oxygens (including phenoxy) is 3. The molecule has 0 fully saturated rings. The van der Waals surface area contributed by atoms with Crippen LogP contribution in [0.3, 0.4) is 0 Å². The van der Waals surface area contributed by atoms with E-state index in [2.05, 4.69) is 9.46 Å². The number of benzene rings is 2. The van der Waals surface area contributed by atoms with Gasteiger partial charge >= 0.3 is 5.97 Å². The number of anilines is 1. The van der Waals surface area contributed by atoms with Crippen LogP contribution in [0.1, 0.15) is 0 Å². The normalized spacial score (nSPS) is 10.9. The number of rotatable bonds is 7. The maximum absolute atomic E-state index is 12.5. The summed E-state index contributed by atoms with van der Waals surface area (Å²) in [6, 6.07) is 8.33. The molecular formula is C16H15Cl2NO6S. The second-order valence-corrected chi connectivity index (χ2v) is 7.41. The zero-order chi connectivity index (χ0) is 19.3. The van der Waals surface area contributed by atoms with Crippen LogP contribution in [-0.2, 0) is 19.6 Å². The summed E-state index contributed by atoms with van der Waals surface area (Å²) < 4.78 is 42.0. The van der Waals surface area contributed by atoms with Crippen molar-refractivity contribution in [3.05, 3.63) is 46.4 Å². The Morgan fingerprint density at radius 1 is 1.04 bits per heavy atom. The van der Waals surface area contributed by atoms with Gasteiger partial charge < -0.3 is 14.2 Å². The fraction of sp³-hybridized carbons (Fsp3) is 0.188. The molecule has 2 rings (SSSR count). The van der Waals surface area contributed by atoms with Crippen LogP contribution in [0.25, 0.3) is 0 Å². The Hall–Kier alpha value is -2.16. The first kappa shape index (κ1) is 20.2. The number of carbonyl (C=O) groups excluding carboxylic acids is 1. The third-order valence-electron chi connectivity index (χ3n) is 3.19. The van der Waals surface area contributed by atoms with Crippen molar-refractivity contribution < 1.29 is 27.4 Å². The summed E-state index contributed by atoms with van der Waals surface area (Å²) in [6.07, 6.45) is 0. The van der Waals surface area contributed by atoms with Gasteiger partial charge in [0.2, 0.25) is 0 Å². The van der Waals surface area contributed by atoms with Crippen LogP contribution >= 0.6 is 23.2 Å². The predicted octanol–water partition coefficient (Wildman–Crippen LogP) is 3.35. The summed E-state index contributed by atoms with van der Waals surface area (Å²) in [7, 11) is -1.23. The van der Waals surface area contributed by atoms with Gasteiger partial charge in [0.1, 0.15) is 11.5 Å². The quantitative estimate of drug-likeness (QED) is 0.691. The first-order chi connectivity index (χ1) is 12.3. The smallest absolute Gasteiger partial charge is 0.343 e. The highest BCUT2D eigenvalue weighted by Crippen LogP contribution is 2.30. The molecule has 0 heterocycles. The molecule has 0 aliphatic heterocycles. The number of esters is 1. The molecule has 7 nitrogen and oxygen atoms in total. The average Bonchev–Trinajstić information content (AvgIpc) is 2.60. The molecule has 0 aromatic heterocycles. The number of methoxy groups -OCH3 is 2. The van der Waals surface area contributed by atoms with Crippen LogP contribution in [0, 0.1) is 0 Å². The monoisotopic (exact) mass is 419 g/mol. The lowest BCUT2D eigenvalue weighted by atomic mass is 10.3. The van der Waals surface area contributed by atoms with Gasteiger partial charge in [0.15, 0.2) is 6.61 Å². The van der Waals surface area contributed by atoms with Gasteiger partial charge in [-0.1, -0.05) is 23.2 Å². The van der Waals surface area contributed by atoms with Gasteiger partial charge in [0.25, 0.3) is 10.0 Å². The zero-order valence-corrected chi connectivity index (χ0v) is 16.1. The van der Waals surface area contributed by atoms with Crippen molar-refractivity contribution >= 4 is 44.9 Å². The number of hydrogen-bond donors (Lipinski definition) is 1.